The van der Waals surface area contributed by atoms with Crippen molar-refractivity contribution >= 4 is 17.7 Å². The predicted molar refractivity (Wildman–Crippen MR) is 75.2 cm³/mol. The van der Waals surface area contributed by atoms with Gasteiger partial charge in [-0.3, -0.25) is 9.78 Å². The third-order valence-electron chi connectivity index (χ3n) is 3.34. The maximum atomic E-state index is 12.2. The average molecular weight is 289 g/mol. The van der Waals surface area contributed by atoms with E-state index < -0.39 is 0 Å². The molecule has 1 saturated heterocycles. The summed E-state index contributed by atoms with van der Waals surface area (Å²) < 4.78 is 1.84. The van der Waals surface area contributed by atoms with Crippen molar-refractivity contribution in [2.75, 3.05) is 18.8 Å². The van der Waals surface area contributed by atoms with E-state index >= 15 is 0 Å². The van der Waals surface area contributed by atoms with E-state index in [1.165, 1.54) is 0 Å². The van der Waals surface area contributed by atoms with E-state index in [0.29, 0.717) is 5.75 Å². The van der Waals surface area contributed by atoms with E-state index in [0.717, 1.165) is 24.4 Å². The Morgan fingerprint density at radius 2 is 2.20 bits per heavy atom. The molecule has 3 rings (SSSR count). The molecule has 0 bridgehead atoms. The number of nitrogens with zero attached hydrogens (tertiary/aromatic N) is 5. The van der Waals surface area contributed by atoms with Gasteiger partial charge in [-0.2, -0.15) is 0 Å². The molecule has 20 heavy (non-hydrogen) atoms. The zero-order chi connectivity index (χ0) is 13.8. The Morgan fingerprint density at radius 3 is 2.95 bits per heavy atom. The monoisotopic (exact) mass is 289 g/mol. The predicted octanol–water partition coefficient (Wildman–Crippen LogP) is 1.24. The van der Waals surface area contributed by atoms with E-state index in [2.05, 4.69) is 15.3 Å². The van der Waals surface area contributed by atoms with Crippen LogP contribution in [0.2, 0.25) is 0 Å². The van der Waals surface area contributed by atoms with Crippen molar-refractivity contribution in [1.82, 2.24) is 24.9 Å². The molecular formula is C13H15N5OS. The van der Waals surface area contributed by atoms with Crippen LogP contribution < -0.4 is 0 Å². The summed E-state index contributed by atoms with van der Waals surface area (Å²) >= 11 is 1.55. The van der Waals surface area contributed by atoms with Gasteiger partial charge in [0.2, 0.25) is 5.91 Å². The minimum atomic E-state index is 0.175. The molecule has 7 heteroatoms. The number of hydrogen-bond acceptors (Lipinski definition) is 5. The van der Waals surface area contributed by atoms with Crippen molar-refractivity contribution < 1.29 is 4.79 Å². The van der Waals surface area contributed by atoms with Crippen LogP contribution in [0.15, 0.2) is 41.8 Å². The maximum Gasteiger partial charge on any atom is 0.233 e. The first-order valence-electron chi connectivity index (χ1n) is 6.49. The molecule has 1 fully saturated rings. The number of carbonyl (C=O) groups is 1. The summed E-state index contributed by atoms with van der Waals surface area (Å²) in [7, 11) is 0. The van der Waals surface area contributed by atoms with Crippen LogP contribution in [-0.2, 0) is 4.79 Å². The summed E-state index contributed by atoms with van der Waals surface area (Å²) in [6.45, 7) is 1.51. The molecule has 1 aliphatic heterocycles. The molecule has 104 valence electrons. The zero-order valence-corrected chi connectivity index (χ0v) is 11.7. The number of hydrogen-bond donors (Lipinski definition) is 0. The van der Waals surface area contributed by atoms with Gasteiger partial charge in [-0.15, -0.1) is 16.9 Å². The fourth-order valence-electron chi connectivity index (χ4n) is 2.27. The van der Waals surface area contributed by atoms with Gasteiger partial charge in [0.05, 0.1) is 18.0 Å². The van der Waals surface area contributed by atoms with Crippen LogP contribution in [0.1, 0.15) is 12.5 Å². The number of carbonyl (C=O) groups excluding carboxylic acids is 1. The van der Waals surface area contributed by atoms with Crippen LogP contribution in [0.25, 0.3) is 0 Å². The molecule has 6 nitrogen and oxygen atoms in total. The molecule has 1 unspecified atom stereocenters. The van der Waals surface area contributed by atoms with E-state index in [1.54, 1.807) is 30.4 Å². The molecule has 2 aromatic rings. The summed E-state index contributed by atoms with van der Waals surface area (Å²) in [5.74, 6) is 0.642. The highest BCUT2D eigenvalue weighted by molar-refractivity contribution is 8.00. The van der Waals surface area contributed by atoms with Crippen LogP contribution in [0, 0.1) is 0 Å². The highest BCUT2D eigenvalue weighted by Crippen LogP contribution is 2.22. The van der Waals surface area contributed by atoms with Gasteiger partial charge in [-0.05, 0) is 18.6 Å². The summed E-state index contributed by atoms with van der Waals surface area (Å²) in [5, 5.41) is 7.81. The lowest BCUT2D eigenvalue weighted by molar-refractivity contribution is -0.127. The summed E-state index contributed by atoms with van der Waals surface area (Å²) in [6, 6.07) is 4.09. The normalized spacial score (nSPS) is 18.4. The van der Waals surface area contributed by atoms with E-state index in [-0.39, 0.29) is 11.9 Å². The van der Waals surface area contributed by atoms with Gasteiger partial charge < -0.3 is 4.90 Å². The SMILES string of the molecule is O=C(CSc1ccncc1)N1CCC(n2ccnn2)C1. The third-order valence-corrected chi connectivity index (χ3v) is 4.34. The van der Waals surface area contributed by atoms with Crippen LogP contribution >= 0.6 is 11.8 Å². The highest BCUT2D eigenvalue weighted by atomic mass is 32.2. The first-order chi connectivity index (χ1) is 9.83. The number of pyridine rings is 1. The summed E-state index contributed by atoms with van der Waals surface area (Å²) in [5.41, 5.74) is 0. The second kappa shape index (κ2) is 6.04. The molecule has 0 aromatic carbocycles. The lowest BCUT2D eigenvalue weighted by Gasteiger charge is -2.16. The highest BCUT2D eigenvalue weighted by Gasteiger charge is 2.27. The topological polar surface area (TPSA) is 63.9 Å². The van der Waals surface area contributed by atoms with E-state index in [9.17, 15) is 4.79 Å². The van der Waals surface area contributed by atoms with Gasteiger partial charge in [-0.25, -0.2) is 4.68 Å². The molecule has 1 aliphatic rings. The summed E-state index contributed by atoms with van der Waals surface area (Å²) in [6.07, 6.45) is 7.94. The quantitative estimate of drug-likeness (QED) is 0.792. The number of thioether (sulfide) groups is 1. The van der Waals surface area contributed by atoms with Crippen molar-refractivity contribution in [2.24, 2.45) is 0 Å². The molecule has 0 aliphatic carbocycles. The molecule has 2 aromatic heterocycles. The molecule has 0 saturated carbocycles. The van der Waals surface area contributed by atoms with Crippen molar-refractivity contribution in [3.8, 4) is 0 Å². The number of rotatable bonds is 4. The van der Waals surface area contributed by atoms with E-state index in [4.69, 9.17) is 0 Å². The largest absolute Gasteiger partial charge is 0.340 e. The maximum absolute atomic E-state index is 12.2. The van der Waals surface area contributed by atoms with Gasteiger partial charge in [-0.1, -0.05) is 5.21 Å². The van der Waals surface area contributed by atoms with Crippen molar-refractivity contribution in [2.45, 2.75) is 17.4 Å². The Balaban J connectivity index is 1.51. The van der Waals surface area contributed by atoms with Crippen LogP contribution in [0.5, 0.6) is 0 Å². The lowest BCUT2D eigenvalue weighted by Crippen LogP contribution is -2.30. The lowest BCUT2D eigenvalue weighted by atomic mass is 10.3. The van der Waals surface area contributed by atoms with Gasteiger partial charge in [0.15, 0.2) is 0 Å². The van der Waals surface area contributed by atoms with Crippen molar-refractivity contribution in [1.29, 1.82) is 0 Å². The molecular weight excluding hydrogens is 274 g/mol. The van der Waals surface area contributed by atoms with Gasteiger partial charge in [0, 0.05) is 36.6 Å². The van der Waals surface area contributed by atoms with Crippen LogP contribution in [0.4, 0.5) is 0 Å². The Hall–Kier alpha value is -1.89. The fraction of sp³-hybridized carbons (Fsp3) is 0.385. The number of aromatic nitrogens is 4. The standard InChI is InChI=1S/C13H15N5OS/c19-13(10-20-12-1-4-14-5-2-12)17-7-3-11(9-17)18-8-6-15-16-18/h1-2,4-6,8,11H,3,7,9-10H2. The fourth-order valence-corrected chi connectivity index (χ4v) is 3.05. The second-order valence-electron chi connectivity index (χ2n) is 4.64. The smallest absolute Gasteiger partial charge is 0.233 e. The van der Waals surface area contributed by atoms with Crippen molar-refractivity contribution in [3.05, 3.63) is 36.9 Å². The van der Waals surface area contributed by atoms with Gasteiger partial charge >= 0.3 is 0 Å². The minimum Gasteiger partial charge on any atom is -0.340 e. The zero-order valence-electron chi connectivity index (χ0n) is 10.9. The first kappa shape index (κ1) is 13.1. The molecule has 0 spiro atoms. The van der Waals surface area contributed by atoms with Crippen molar-refractivity contribution in [3.63, 3.8) is 0 Å². The first-order valence-corrected chi connectivity index (χ1v) is 7.48. The van der Waals surface area contributed by atoms with E-state index in [1.807, 2.05) is 27.9 Å². The average Bonchev–Trinajstić information content (AvgIpc) is 3.16. The molecule has 1 amide bonds. The Morgan fingerprint density at radius 1 is 1.35 bits per heavy atom. The third kappa shape index (κ3) is 2.98. The number of amides is 1. The van der Waals surface area contributed by atoms with Gasteiger partial charge in [0.1, 0.15) is 0 Å². The molecule has 3 heterocycles. The summed E-state index contributed by atoms with van der Waals surface area (Å²) in [4.78, 5) is 19.1. The van der Waals surface area contributed by atoms with Crippen LogP contribution in [-0.4, -0.2) is 49.6 Å². The molecule has 1 atom stereocenters. The second-order valence-corrected chi connectivity index (χ2v) is 5.69. The Bertz CT molecular complexity index is 559. The minimum absolute atomic E-state index is 0.175. The molecule has 0 N–H and O–H groups in total. The Kier molecular flexibility index (Phi) is 3.96. The Labute approximate surface area is 121 Å². The number of likely N-dealkylation sites (tertiary alicyclic amines) is 1. The van der Waals surface area contributed by atoms with Gasteiger partial charge in [0.25, 0.3) is 0 Å². The van der Waals surface area contributed by atoms with Crippen LogP contribution in [0.3, 0.4) is 0 Å². The molecule has 0 radical (unpaired) electrons.